The van der Waals surface area contributed by atoms with Gasteiger partial charge in [-0.05, 0) is 30.7 Å². The van der Waals surface area contributed by atoms with Gasteiger partial charge in [-0.15, -0.1) is 0 Å². The number of carbonyl (C=O) groups is 1. The highest BCUT2D eigenvalue weighted by atomic mass is 19.1. The summed E-state index contributed by atoms with van der Waals surface area (Å²) in [6.45, 7) is 4.21. The normalized spacial score (nSPS) is 16.8. The predicted octanol–water partition coefficient (Wildman–Crippen LogP) is 1.11. The van der Waals surface area contributed by atoms with Crippen molar-refractivity contribution >= 4 is 5.91 Å². The average Bonchev–Trinajstić information content (AvgIpc) is 2.34. The minimum Gasteiger partial charge on any atom is -0.379 e. The van der Waals surface area contributed by atoms with E-state index in [0.29, 0.717) is 37.4 Å². The summed E-state index contributed by atoms with van der Waals surface area (Å²) in [4.78, 5) is 11.9. The van der Waals surface area contributed by atoms with Crippen molar-refractivity contribution in [3.05, 3.63) is 35.1 Å². The van der Waals surface area contributed by atoms with Crippen LogP contribution in [0.3, 0.4) is 0 Å². The molecule has 5 heteroatoms. The molecule has 1 aromatic rings. The number of benzene rings is 1. The molecule has 4 nitrogen and oxygen atoms in total. The van der Waals surface area contributed by atoms with Gasteiger partial charge < -0.3 is 4.74 Å². The second kappa shape index (κ2) is 5.25. The molecule has 1 aromatic carbocycles. The largest absolute Gasteiger partial charge is 0.379 e. The molecule has 1 saturated heterocycles. The molecule has 0 aromatic heterocycles. The molecule has 1 fully saturated rings. The van der Waals surface area contributed by atoms with E-state index < -0.39 is 0 Å². The minimum atomic E-state index is -0.298. The molecule has 0 aliphatic carbocycles. The number of nitrogens with one attached hydrogen (secondary N) is 1. The van der Waals surface area contributed by atoms with Crippen LogP contribution < -0.4 is 5.43 Å². The summed E-state index contributed by atoms with van der Waals surface area (Å²) >= 11 is 0. The Kier molecular flexibility index (Phi) is 3.71. The maximum Gasteiger partial charge on any atom is 0.265 e. The van der Waals surface area contributed by atoms with E-state index in [2.05, 4.69) is 5.43 Å². The molecule has 92 valence electrons. The third-order valence-corrected chi connectivity index (χ3v) is 2.69. The van der Waals surface area contributed by atoms with Crippen molar-refractivity contribution in [1.29, 1.82) is 0 Å². The van der Waals surface area contributed by atoms with Crippen molar-refractivity contribution in [2.75, 3.05) is 26.3 Å². The number of aryl methyl sites for hydroxylation is 1. The van der Waals surface area contributed by atoms with Crippen LogP contribution in [0.4, 0.5) is 4.39 Å². The van der Waals surface area contributed by atoms with Crippen LogP contribution in [0.15, 0.2) is 18.2 Å². The molecule has 1 aliphatic heterocycles. The average molecular weight is 238 g/mol. The van der Waals surface area contributed by atoms with Crippen molar-refractivity contribution in [2.24, 2.45) is 0 Å². The molecule has 1 N–H and O–H groups in total. The van der Waals surface area contributed by atoms with Crippen LogP contribution in [0.1, 0.15) is 15.9 Å². The fourth-order valence-corrected chi connectivity index (χ4v) is 1.67. The second-order valence-electron chi connectivity index (χ2n) is 4.00. The zero-order chi connectivity index (χ0) is 12.3. The number of hydrazine groups is 1. The van der Waals surface area contributed by atoms with Crippen LogP contribution in [0.25, 0.3) is 0 Å². The van der Waals surface area contributed by atoms with E-state index in [1.54, 1.807) is 13.0 Å². The summed E-state index contributed by atoms with van der Waals surface area (Å²) in [6, 6.07) is 4.34. The van der Waals surface area contributed by atoms with E-state index in [9.17, 15) is 9.18 Å². The van der Waals surface area contributed by atoms with Crippen molar-refractivity contribution < 1.29 is 13.9 Å². The maximum absolute atomic E-state index is 13.1. The predicted molar refractivity (Wildman–Crippen MR) is 61.0 cm³/mol. The molecule has 1 heterocycles. The fourth-order valence-electron chi connectivity index (χ4n) is 1.67. The molecule has 0 saturated carbocycles. The lowest BCUT2D eigenvalue weighted by atomic mass is 10.1. The molecule has 0 bridgehead atoms. The van der Waals surface area contributed by atoms with E-state index in [0.717, 1.165) is 0 Å². The first-order valence-electron chi connectivity index (χ1n) is 5.56. The molecule has 17 heavy (non-hydrogen) atoms. The summed E-state index contributed by atoms with van der Waals surface area (Å²) in [6.07, 6.45) is 0. The van der Waals surface area contributed by atoms with Gasteiger partial charge in [0, 0.05) is 18.7 Å². The van der Waals surface area contributed by atoms with Crippen LogP contribution in [0.5, 0.6) is 0 Å². The number of hydrogen-bond donors (Lipinski definition) is 1. The first-order chi connectivity index (χ1) is 8.16. The van der Waals surface area contributed by atoms with Crippen LogP contribution in [-0.4, -0.2) is 37.2 Å². The smallest absolute Gasteiger partial charge is 0.265 e. The van der Waals surface area contributed by atoms with Gasteiger partial charge >= 0.3 is 0 Å². The zero-order valence-corrected chi connectivity index (χ0v) is 9.70. The Hall–Kier alpha value is -1.46. The quantitative estimate of drug-likeness (QED) is 0.839. The van der Waals surface area contributed by atoms with Gasteiger partial charge in [0.05, 0.1) is 13.2 Å². The first-order valence-corrected chi connectivity index (χ1v) is 5.56. The van der Waals surface area contributed by atoms with Crippen LogP contribution in [0, 0.1) is 12.7 Å². The third kappa shape index (κ3) is 3.01. The van der Waals surface area contributed by atoms with E-state index >= 15 is 0 Å². The molecular weight excluding hydrogens is 223 g/mol. The minimum absolute atomic E-state index is 0.213. The van der Waals surface area contributed by atoms with Gasteiger partial charge in [0.1, 0.15) is 5.82 Å². The zero-order valence-electron chi connectivity index (χ0n) is 9.70. The number of rotatable bonds is 2. The lowest BCUT2D eigenvalue weighted by Crippen LogP contribution is -2.48. The standard InChI is InChI=1S/C12H15FN2O2/c1-9-8-10(2-3-11(9)13)12(16)14-15-4-6-17-7-5-15/h2-3,8H,4-7H2,1H3,(H,14,16). The number of ether oxygens (including phenoxy) is 1. The van der Waals surface area contributed by atoms with Gasteiger partial charge in [-0.3, -0.25) is 10.2 Å². The van der Waals surface area contributed by atoms with E-state index in [1.807, 2.05) is 5.01 Å². The van der Waals surface area contributed by atoms with E-state index in [-0.39, 0.29) is 11.7 Å². The monoisotopic (exact) mass is 238 g/mol. The summed E-state index contributed by atoms with van der Waals surface area (Å²) in [7, 11) is 0. The highest BCUT2D eigenvalue weighted by Crippen LogP contribution is 2.09. The molecular formula is C12H15FN2O2. The van der Waals surface area contributed by atoms with Gasteiger partial charge in [-0.1, -0.05) is 0 Å². The van der Waals surface area contributed by atoms with E-state index in [4.69, 9.17) is 4.74 Å². The topological polar surface area (TPSA) is 41.6 Å². The van der Waals surface area contributed by atoms with Crippen LogP contribution >= 0.6 is 0 Å². The Bertz CT molecular complexity index is 417. The van der Waals surface area contributed by atoms with Crippen LogP contribution in [-0.2, 0) is 4.74 Å². The molecule has 1 aliphatic rings. The fraction of sp³-hybridized carbons (Fsp3) is 0.417. The number of nitrogens with zero attached hydrogens (tertiary/aromatic N) is 1. The highest BCUT2D eigenvalue weighted by molar-refractivity contribution is 5.94. The molecule has 0 spiro atoms. The Morgan fingerprint density at radius 3 is 2.76 bits per heavy atom. The second-order valence-corrected chi connectivity index (χ2v) is 4.00. The Morgan fingerprint density at radius 2 is 2.12 bits per heavy atom. The van der Waals surface area contributed by atoms with Crippen molar-refractivity contribution in [3.63, 3.8) is 0 Å². The molecule has 0 unspecified atom stereocenters. The van der Waals surface area contributed by atoms with Gasteiger partial charge in [-0.25, -0.2) is 9.40 Å². The highest BCUT2D eigenvalue weighted by Gasteiger charge is 2.14. The Balaban J connectivity index is 2.01. The lowest BCUT2D eigenvalue weighted by molar-refractivity contribution is 0.0126. The first kappa shape index (κ1) is 12.0. The SMILES string of the molecule is Cc1cc(C(=O)NN2CCOCC2)ccc1F. The molecule has 0 radical (unpaired) electrons. The maximum atomic E-state index is 13.1. The number of halogens is 1. The number of carbonyl (C=O) groups excluding carboxylic acids is 1. The number of morpholine rings is 1. The van der Waals surface area contributed by atoms with Crippen molar-refractivity contribution in [3.8, 4) is 0 Å². The Morgan fingerprint density at radius 1 is 1.41 bits per heavy atom. The van der Waals surface area contributed by atoms with Gasteiger partial charge in [0.25, 0.3) is 5.91 Å². The lowest BCUT2D eigenvalue weighted by Gasteiger charge is -2.26. The third-order valence-electron chi connectivity index (χ3n) is 2.69. The van der Waals surface area contributed by atoms with Gasteiger partial charge in [-0.2, -0.15) is 0 Å². The summed E-state index contributed by atoms with van der Waals surface area (Å²) in [5.74, 6) is -0.511. The Labute approximate surface area is 99.3 Å². The molecule has 2 rings (SSSR count). The summed E-state index contributed by atoms with van der Waals surface area (Å²) < 4.78 is 18.2. The van der Waals surface area contributed by atoms with Gasteiger partial charge in [0.15, 0.2) is 0 Å². The molecule has 0 atom stereocenters. The van der Waals surface area contributed by atoms with Crippen LogP contribution in [0.2, 0.25) is 0 Å². The van der Waals surface area contributed by atoms with E-state index in [1.165, 1.54) is 12.1 Å². The number of hydrogen-bond acceptors (Lipinski definition) is 3. The summed E-state index contributed by atoms with van der Waals surface area (Å²) in [5, 5.41) is 1.81. The molecule has 1 amide bonds. The van der Waals surface area contributed by atoms with Crippen molar-refractivity contribution in [2.45, 2.75) is 6.92 Å². The summed E-state index contributed by atoms with van der Waals surface area (Å²) in [5.41, 5.74) is 3.71. The van der Waals surface area contributed by atoms with Gasteiger partial charge in [0.2, 0.25) is 0 Å². The number of amides is 1. The van der Waals surface area contributed by atoms with Crippen molar-refractivity contribution in [1.82, 2.24) is 10.4 Å².